The number of rotatable bonds is 8. The molecule has 0 saturated carbocycles. The summed E-state index contributed by atoms with van der Waals surface area (Å²) in [6.07, 6.45) is 0. The van der Waals surface area contributed by atoms with E-state index in [1.165, 1.54) is 7.11 Å². The number of thioether (sulfide) groups is 1. The third-order valence-corrected chi connectivity index (χ3v) is 10.4. The molecule has 2 N–H and O–H groups in total. The molecule has 0 radical (unpaired) electrons. The van der Waals surface area contributed by atoms with Crippen molar-refractivity contribution in [3.8, 4) is 33.9 Å². The number of aliphatic hydroxyl groups is 1. The monoisotopic (exact) mass is 753 g/mol. The highest BCUT2D eigenvalue weighted by Gasteiger charge is 2.23. The van der Waals surface area contributed by atoms with Crippen molar-refractivity contribution in [2.45, 2.75) is 13.5 Å². The molecule has 6 rings (SSSR count). The molecule has 2 aliphatic heterocycles. The lowest BCUT2D eigenvalue weighted by Crippen LogP contribution is -2.34. The van der Waals surface area contributed by atoms with E-state index in [0.29, 0.717) is 36.9 Å². The molecule has 284 valence electrons. The molecule has 3 aromatic carbocycles. The summed E-state index contributed by atoms with van der Waals surface area (Å²) in [6, 6.07) is 24.6. The minimum Gasteiger partial charge on any atom is -0.488 e. The third kappa shape index (κ3) is 9.00. The number of hydrogen-bond donors (Lipinski definition) is 2. The molecular formula is C42H49N4O7S+. The summed E-state index contributed by atoms with van der Waals surface area (Å²) in [5.74, 6) is 2.81. The minimum atomic E-state index is -0.554. The third-order valence-electron chi connectivity index (χ3n) is 9.41. The second-order valence-electron chi connectivity index (χ2n) is 13.5. The minimum absolute atomic E-state index is 0.0279. The van der Waals surface area contributed by atoms with Crippen molar-refractivity contribution in [1.29, 1.82) is 0 Å². The maximum absolute atomic E-state index is 12.7. The first-order valence-corrected chi connectivity index (χ1v) is 19.3. The van der Waals surface area contributed by atoms with Crippen LogP contribution in [0.1, 0.15) is 11.1 Å². The van der Waals surface area contributed by atoms with Gasteiger partial charge in [-0.2, -0.15) is 11.8 Å². The van der Waals surface area contributed by atoms with Crippen LogP contribution in [0.15, 0.2) is 77.2 Å². The zero-order chi connectivity index (χ0) is 38.2. The highest BCUT2D eigenvalue weighted by Crippen LogP contribution is 2.43. The number of Topliss-reactive ketones (excluding diaryl/α,β-unsaturated/α-hetero) is 1. The Morgan fingerprint density at radius 2 is 1.59 bits per heavy atom. The zero-order valence-electron chi connectivity index (χ0n) is 31.6. The zero-order valence-corrected chi connectivity index (χ0v) is 32.5. The van der Waals surface area contributed by atoms with Crippen molar-refractivity contribution >= 4 is 45.9 Å². The van der Waals surface area contributed by atoms with Gasteiger partial charge < -0.3 is 38.9 Å². The second-order valence-corrected chi connectivity index (χ2v) is 14.7. The molecule has 2 heterocycles. The van der Waals surface area contributed by atoms with Gasteiger partial charge in [0.15, 0.2) is 5.78 Å². The summed E-state index contributed by atoms with van der Waals surface area (Å²) in [7, 11) is 7.33. The molecule has 3 aromatic rings. The van der Waals surface area contributed by atoms with Crippen LogP contribution in [0.4, 0.5) is 11.4 Å². The predicted octanol–water partition coefficient (Wildman–Crippen LogP) is 4.82. The van der Waals surface area contributed by atoms with Crippen LogP contribution in [-0.4, -0.2) is 103 Å². The van der Waals surface area contributed by atoms with Crippen LogP contribution in [0.2, 0.25) is 0 Å². The molecule has 0 amide bonds. The van der Waals surface area contributed by atoms with Crippen molar-refractivity contribution in [2.24, 2.45) is 0 Å². The Morgan fingerprint density at radius 3 is 2.28 bits per heavy atom. The van der Waals surface area contributed by atoms with Crippen LogP contribution in [0.25, 0.3) is 33.4 Å². The Labute approximate surface area is 320 Å². The normalized spacial score (nSPS) is 14.0. The van der Waals surface area contributed by atoms with Crippen LogP contribution < -0.4 is 34.5 Å². The van der Waals surface area contributed by atoms with Gasteiger partial charge in [-0.3, -0.25) is 9.59 Å². The number of carbonyl (C=O) groups excluding carboxylic acids is 2. The number of nitrogens with one attached hydrogen (secondary N) is 1. The Hall–Kier alpha value is -5.04. The SMILES string of the molecule is CNCc1ccc2c(-c3ccc4c(c3)OCCOc3cc(C)ccc3N(CC(=O)OC)CCSCCN4CC(=O)CO)c3ccc(=[N+](C)C)cc-3oc2c1. The molecule has 0 atom stereocenters. The van der Waals surface area contributed by atoms with E-state index >= 15 is 0 Å². The number of esters is 1. The molecule has 1 aliphatic carbocycles. The van der Waals surface area contributed by atoms with Crippen LogP contribution in [0.3, 0.4) is 0 Å². The summed E-state index contributed by atoms with van der Waals surface area (Å²) < 4.78 is 26.6. The molecular weight excluding hydrogens is 705 g/mol. The molecule has 0 spiro atoms. The standard InChI is InChI=1S/C42H49N4O7S/c1-28-6-12-35-39(20-28)51-16-17-52-40-22-30(8-13-36(40)45(25-32(48)27-47)14-18-54-19-15-46(35)26-41(49)50-5)42-33-10-7-29(24-43-2)21-37(33)53-38-23-31(44(3)4)9-11-34(38)42/h6-13,20-23,43,47H,14-19,24-27H2,1-5H3/q+1. The van der Waals surface area contributed by atoms with E-state index in [0.717, 1.165) is 67.0 Å². The lowest BCUT2D eigenvalue weighted by atomic mass is 9.92. The van der Waals surface area contributed by atoms with Gasteiger partial charge in [0.05, 0.1) is 31.1 Å². The molecule has 0 fully saturated rings. The van der Waals surface area contributed by atoms with Crippen molar-refractivity contribution < 1.29 is 33.3 Å². The number of hydrogen-bond acceptors (Lipinski definition) is 11. The summed E-state index contributed by atoms with van der Waals surface area (Å²) in [5.41, 5.74) is 7.37. The van der Waals surface area contributed by atoms with E-state index in [1.54, 1.807) is 11.8 Å². The molecule has 0 bridgehead atoms. The molecule has 3 aliphatic rings. The summed E-state index contributed by atoms with van der Waals surface area (Å²) in [5, 5.41) is 15.0. The highest BCUT2D eigenvalue weighted by atomic mass is 32.2. The maximum Gasteiger partial charge on any atom is 0.325 e. The molecule has 0 aromatic heterocycles. The highest BCUT2D eigenvalue weighted by molar-refractivity contribution is 7.99. The van der Waals surface area contributed by atoms with E-state index < -0.39 is 6.61 Å². The van der Waals surface area contributed by atoms with E-state index in [2.05, 4.69) is 52.4 Å². The van der Waals surface area contributed by atoms with Crippen LogP contribution in [0, 0.1) is 6.92 Å². The number of ketones is 1. The van der Waals surface area contributed by atoms with Crippen molar-refractivity contribution in [3.05, 3.63) is 89.3 Å². The van der Waals surface area contributed by atoms with Gasteiger partial charge in [-0.25, -0.2) is 4.58 Å². The topological polar surface area (TPSA) is 117 Å². The number of aryl methyl sites for hydroxylation is 1. The van der Waals surface area contributed by atoms with Gasteiger partial charge in [0.2, 0.25) is 5.36 Å². The number of aliphatic hydroxyl groups excluding tert-OH is 1. The van der Waals surface area contributed by atoms with E-state index in [-0.39, 0.29) is 38.1 Å². The number of benzene rings is 4. The first-order chi connectivity index (χ1) is 26.2. The predicted molar refractivity (Wildman–Crippen MR) is 216 cm³/mol. The number of ether oxygens (including phenoxy) is 3. The van der Waals surface area contributed by atoms with Crippen LogP contribution in [-0.2, 0) is 20.9 Å². The molecule has 12 heteroatoms. The summed E-state index contributed by atoms with van der Waals surface area (Å²) in [6.45, 7) is 3.83. The molecule has 0 unspecified atom stereocenters. The average molecular weight is 754 g/mol. The van der Waals surface area contributed by atoms with E-state index in [1.807, 2.05) is 68.2 Å². The largest absolute Gasteiger partial charge is 0.488 e. The average Bonchev–Trinajstić information content (AvgIpc) is 3.17. The number of fused-ring (bicyclic) bond motifs is 4. The summed E-state index contributed by atoms with van der Waals surface area (Å²) in [4.78, 5) is 29.1. The van der Waals surface area contributed by atoms with Crippen LogP contribution >= 0.6 is 11.8 Å². The summed E-state index contributed by atoms with van der Waals surface area (Å²) >= 11 is 1.72. The fourth-order valence-corrected chi connectivity index (χ4v) is 7.58. The quantitative estimate of drug-likeness (QED) is 0.129. The number of anilines is 2. The second kappa shape index (κ2) is 17.9. The van der Waals surface area contributed by atoms with Gasteiger partial charge in [0.25, 0.3) is 0 Å². The molecule has 11 nitrogen and oxygen atoms in total. The van der Waals surface area contributed by atoms with Gasteiger partial charge >= 0.3 is 5.97 Å². The van der Waals surface area contributed by atoms with Crippen molar-refractivity contribution in [2.75, 3.05) is 95.6 Å². The molecule has 0 saturated heterocycles. The van der Waals surface area contributed by atoms with Gasteiger partial charge in [-0.1, -0.05) is 24.3 Å². The number of nitrogens with zero attached hydrogens (tertiary/aromatic N) is 3. The van der Waals surface area contributed by atoms with Gasteiger partial charge in [0.1, 0.15) is 63.3 Å². The first-order valence-electron chi connectivity index (χ1n) is 18.1. The lowest BCUT2D eigenvalue weighted by molar-refractivity contribution is -0.139. The smallest absolute Gasteiger partial charge is 0.325 e. The Bertz CT molecular complexity index is 2160. The fourth-order valence-electron chi connectivity index (χ4n) is 6.68. The maximum atomic E-state index is 12.7. The number of methoxy groups -OCH3 is 1. The Morgan fingerprint density at radius 1 is 0.889 bits per heavy atom. The Balaban J connectivity index is 1.45. The van der Waals surface area contributed by atoms with Crippen molar-refractivity contribution in [1.82, 2.24) is 9.89 Å². The lowest BCUT2D eigenvalue weighted by Gasteiger charge is -2.27. The van der Waals surface area contributed by atoms with E-state index in [9.17, 15) is 14.7 Å². The number of carbonyl (C=O) groups is 2. The molecule has 54 heavy (non-hydrogen) atoms. The van der Waals surface area contributed by atoms with Gasteiger partial charge in [0, 0.05) is 53.7 Å². The first kappa shape index (κ1) is 38.7. The fraction of sp³-hybridized carbons (Fsp3) is 0.357. The van der Waals surface area contributed by atoms with Crippen molar-refractivity contribution in [3.63, 3.8) is 0 Å². The van der Waals surface area contributed by atoms with Gasteiger partial charge in [-0.15, -0.1) is 0 Å². The Kier molecular flexibility index (Phi) is 12.8. The van der Waals surface area contributed by atoms with Crippen LogP contribution in [0.5, 0.6) is 11.5 Å². The van der Waals surface area contributed by atoms with Gasteiger partial charge in [-0.05, 0) is 67.1 Å². The van der Waals surface area contributed by atoms with E-state index in [4.69, 9.17) is 18.6 Å².